The minimum atomic E-state index is 0.777. The van der Waals surface area contributed by atoms with E-state index >= 15 is 0 Å². The lowest BCUT2D eigenvalue weighted by Gasteiger charge is -2.31. The predicted octanol–water partition coefficient (Wildman–Crippen LogP) is 18.1. The zero-order valence-electron chi connectivity index (χ0n) is 41.2. The van der Waals surface area contributed by atoms with Gasteiger partial charge in [0.25, 0.3) is 0 Å². The number of benzene rings is 7. The number of aromatic nitrogens is 3. The molecule has 12 aromatic rings. The summed E-state index contributed by atoms with van der Waals surface area (Å²) < 4.78 is 15.3. The summed E-state index contributed by atoms with van der Waals surface area (Å²) >= 11 is 0. The lowest BCUT2D eigenvalue weighted by Crippen LogP contribution is -2.14. The first-order valence-corrected chi connectivity index (χ1v) is 24.5. The fourth-order valence-corrected chi connectivity index (χ4v) is 10.5. The van der Waals surface area contributed by atoms with Crippen molar-refractivity contribution in [2.24, 2.45) is 0 Å². The molecule has 0 aliphatic heterocycles. The molecule has 6 nitrogen and oxygen atoms in total. The van der Waals surface area contributed by atoms with Crippen molar-refractivity contribution in [3.63, 3.8) is 0 Å². The predicted molar refractivity (Wildman–Crippen MR) is 297 cm³/mol. The van der Waals surface area contributed by atoms with Gasteiger partial charge in [-0.05, 0) is 183 Å². The van der Waals surface area contributed by atoms with E-state index in [0.717, 1.165) is 124 Å². The van der Waals surface area contributed by atoms with Gasteiger partial charge in [-0.15, -0.1) is 0 Å². The van der Waals surface area contributed by atoms with Gasteiger partial charge in [-0.3, -0.25) is 9.97 Å². The number of pyridine rings is 2. The topological polar surface area (TPSA) is 60.2 Å². The van der Waals surface area contributed by atoms with Gasteiger partial charge >= 0.3 is 0 Å². The van der Waals surface area contributed by atoms with Crippen LogP contribution in [0.5, 0.6) is 0 Å². The monoisotopic (exact) mass is 932 g/mol. The number of nitrogens with zero attached hydrogens (tertiary/aromatic N) is 4. The average molecular weight is 933 g/mol. The zero-order valence-corrected chi connectivity index (χ0v) is 41.2. The van der Waals surface area contributed by atoms with E-state index < -0.39 is 0 Å². The summed E-state index contributed by atoms with van der Waals surface area (Å²) in [4.78, 5) is 12.7. The van der Waals surface area contributed by atoms with Crippen LogP contribution in [0, 0.1) is 41.5 Å². The van der Waals surface area contributed by atoms with Crippen molar-refractivity contribution in [1.29, 1.82) is 0 Å². The molecule has 72 heavy (non-hydrogen) atoms. The van der Waals surface area contributed by atoms with Crippen molar-refractivity contribution in [3.05, 3.63) is 240 Å². The molecule has 0 saturated heterocycles. The van der Waals surface area contributed by atoms with Crippen molar-refractivity contribution in [2.75, 3.05) is 4.90 Å². The van der Waals surface area contributed by atoms with E-state index in [4.69, 9.17) is 18.8 Å². The van der Waals surface area contributed by atoms with Crippen molar-refractivity contribution in [3.8, 4) is 73.1 Å². The molecule has 348 valence electrons. The highest BCUT2D eigenvalue weighted by molar-refractivity contribution is 6.09. The zero-order chi connectivity index (χ0) is 49.0. The quantitative estimate of drug-likeness (QED) is 0.137. The second kappa shape index (κ2) is 18.1. The Morgan fingerprint density at radius 3 is 1.22 bits per heavy atom. The Hall–Kier alpha value is -9.00. The van der Waals surface area contributed by atoms with Gasteiger partial charge in [-0.25, -0.2) is 0 Å². The maximum Gasteiger partial charge on any atom is 0.134 e. The number of hydrogen-bond donors (Lipinski definition) is 0. The van der Waals surface area contributed by atoms with Gasteiger partial charge in [0.1, 0.15) is 23.0 Å². The average Bonchev–Trinajstić information content (AvgIpc) is 4.15. The van der Waals surface area contributed by atoms with Crippen molar-refractivity contribution in [2.45, 2.75) is 41.5 Å². The molecule has 5 heterocycles. The summed E-state index contributed by atoms with van der Waals surface area (Å²) in [6.45, 7) is 12.7. The lowest BCUT2D eigenvalue weighted by molar-refractivity contribution is 0.548. The first-order chi connectivity index (χ1) is 35.1. The number of hydrogen-bond acceptors (Lipinski definition) is 5. The maximum absolute atomic E-state index is 6.44. The molecule has 0 saturated carbocycles. The molecule has 6 heteroatoms. The van der Waals surface area contributed by atoms with E-state index in [9.17, 15) is 0 Å². The molecule has 0 aliphatic carbocycles. The molecule has 5 aromatic heterocycles. The van der Waals surface area contributed by atoms with Crippen LogP contribution in [-0.4, -0.2) is 14.5 Å². The Kier molecular flexibility index (Phi) is 11.1. The minimum Gasteiger partial charge on any atom is -0.461 e. The maximum atomic E-state index is 6.44. The molecule has 0 fully saturated rings. The van der Waals surface area contributed by atoms with Gasteiger partial charge in [0.15, 0.2) is 0 Å². The van der Waals surface area contributed by atoms with Crippen molar-refractivity contribution >= 4 is 38.9 Å². The van der Waals surface area contributed by atoms with Gasteiger partial charge in [0, 0.05) is 62.5 Å². The van der Waals surface area contributed by atoms with Crippen molar-refractivity contribution < 1.29 is 8.83 Å². The second-order valence-electron chi connectivity index (χ2n) is 19.0. The van der Waals surface area contributed by atoms with Gasteiger partial charge in [-0.2, -0.15) is 0 Å². The Morgan fingerprint density at radius 1 is 0.375 bits per heavy atom. The molecule has 12 rings (SSSR count). The van der Waals surface area contributed by atoms with Gasteiger partial charge in [-0.1, -0.05) is 97.1 Å². The largest absolute Gasteiger partial charge is 0.461 e. The third kappa shape index (κ3) is 8.07. The molecular formula is C66H52N4O2. The van der Waals surface area contributed by atoms with Gasteiger partial charge in [0.05, 0.1) is 28.1 Å². The molecule has 0 unspecified atom stereocenters. The Labute approximate surface area is 420 Å². The van der Waals surface area contributed by atoms with Gasteiger partial charge < -0.3 is 18.3 Å². The van der Waals surface area contributed by atoms with Crippen LogP contribution in [0.25, 0.3) is 94.9 Å². The van der Waals surface area contributed by atoms with Crippen LogP contribution in [-0.2, 0) is 0 Å². The van der Waals surface area contributed by atoms with E-state index in [0.29, 0.717) is 0 Å². The van der Waals surface area contributed by atoms with Crippen LogP contribution >= 0.6 is 0 Å². The van der Waals surface area contributed by atoms with Crippen LogP contribution in [0.3, 0.4) is 0 Å². The van der Waals surface area contributed by atoms with Crippen LogP contribution < -0.4 is 4.90 Å². The second-order valence-corrected chi connectivity index (χ2v) is 19.0. The Balaban J connectivity index is 1.13. The normalized spacial score (nSPS) is 11.5. The third-order valence-corrected chi connectivity index (χ3v) is 13.9. The number of furan rings is 2. The van der Waals surface area contributed by atoms with E-state index in [2.05, 4.69) is 219 Å². The smallest absolute Gasteiger partial charge is 0.134 e. The van der Waals surface area contributed by atoms with E-state index in [1.54, 1.807) is 0 Å². The molecule has 0 atom stereocenters. The van der Waals surface area contributed by atoms with Crippen LogP contribution in [0.15, 0.2) is 215 Å². The highest BCUT2D eigenvalue weighted by Crippen LogP contribution is 2.46. The molecule has 0 aliphatic rings. The standard InChI is InChI=1S/C66H52N4O2/c1-41-29-53(70-62-23-15-13-21-56(62)57-22-14-16-24-63(57)70)30-42(2)66(41)69(54-33-49(31-51(35-54)64-27-25-45(5)71-64)60-37-58(43(3)39-67-60)47-17-9-7-10-18-47)55-34-50(32-52(36-55)65-28-26-46(6)72-65)61-38-59(44(4)40-68-61)48-19-11-8-12-20-48/h7-40H,1-6H3. The third-order valence-electron chi connectivity index (χ3n) is 13.9. The Morgan fingerprint density at radius 2 is 0.792 bits per heavy atom. The fourth-order valence-electron chi connectivity index (χ4n) is 10.5. The first kappa shape index (κ1) is 44.2. The van der Waals surface area contributed by atoms with Crippen LogP contribution in [0.4, 0.5) is 17.1 Å². The number of aryl methyl sites for hydroxylation is 6. The number of para-hydroxylation sites is 2. The molecule has 0 N–H and O–H groups in total. The summed E-state index contributed by atoms with van der Waals surface area (Å²) in [5.74, 6) is 3.23. The highest BCUT2D eigenvalue weighted by Gasteiger charge is 2.24. The summed E-state index contributed by atoms with van der Waals surface area (Å²) in [6, 6.07) is 69.2. The molecule has 0 amide bonds. The minimum absolute atomic E-state index is 0.777. The first-order valence-electron chi connectivity index (χ1n) is 24.5. The molecule has 0 radical (unpaired) electrons. The molecule has 0 bridgehead atoms. The Bertz CT molecular complexity index is 3750. The number of anilines is 3. The number of fused-ring (bicyclic) bond motifs is 3. The van der Waals surface area contributed by atoms with Gasteiger partial charge in [0.2, 0.25) is 0 Å². The van der Waals surface area contributed by atoms with Crippen LogP contribution in [0.2, 0.25) is 0 Å². The molecule has 7 aromatic carbocycles. The summed E-state index contributed by atoms with van der Waals surface area (Å²) in [5.41, 5.74) is 20.9. The highest BCUT2D eigenvalue weighted by atomic mass is 16.3. The summed E-state index contributed by atoms with van der Waals surface area (Å²) in [6.07, 6.45) is 3.97. The van der Waals surface area contributed by atoms with E-state index in [1.165, 1.54) is 21.8 Å². The van der Waals surface area contributed by atoms with E-state index in [-0.39, 0.29) is 0 Å². The van der Waals surface area contributed by atoms with Crippen molar-refractivity contribution in [1.82, 2.24) is 14.5 Å². The molecular weight excluding hydrogens is 881 g/mol. The molecule has 0 spiro atoms. The fraction of sp³-hybridized carbons (Fsp3) is 0.0909. The SMILES string of the molecule is Cc1ccc(-c2cc(-c3cc(-c4ccccc4)c(C)cn3)cc(N(c3cc(-c4cc(-c5ccccc5)c(C)cn4)cc(-c4ccc(C)o4)c3)c3c(C)cc(-n4c5ccccc5c5ccccc54)cc3C)c2)o1. The number of rotatable bonds is 10. The summed E-state index contributed by atoms with van der Waals surface area (Å²) in [5, 5.41) is 2.45. The van der Waals surface area contributed by atoms with E-state index in [1.807, 2.05) is 38.4 Å². The summed E-state index contributed by atoms with van der Waals surface area (Å²) in [7, 11) is 0. The lowest BCUT2D eigenvalue weighted by atomic mass is 9.96. The van der Waals surface area contributed by atoms with Crippen LogP contribution in [0.1, 0.15) is 33.8 Å².